The van der Waals surface area contributed by atoms with Crippen LogP contribution in [0.15, 0.2) is 12.4 Å². The minimum absolute atomic E-state index is 0.963. The van der Waals surface area contributed by atoms with Gasteiger partial charge in [-0.3, -0.25) is 0 Å². The maximum absolute atomic E-state index is 3.60. The Morgan fingerprint density at radius 2 is 1.78 bits per heavy atom. The molecule has 0 atom stereocenters. The van der Waals surface area contributed by atoms with Crippen molar-refractivity contribution in [3.05, 3.63) is 12.4 Å². The molecular formula is C5H8N4. The molecule has 48 valence electrons. The first-order chi connectivity index (χ1) is 4.30. The normalized spacial score (nSPS) is 9.11. The highest BCUT2D eigenvalue weighted by Crippen LogP contribution is 2.01. The minimum Gasteiger partial charge on any atom is -0.375 e. The van der Waals surface area contributed by atoms with E-state index < -0.39 is 0 Å². The van der Waals surface area contributed by atoms with E-state index in [1.807, 2.05) is 19.0 Å². The summed E-state index contributed by atoms with van der Waals surface area (Å²) >= 11 is 0. The fraction of sp³-hybridized carbons (Fsp3) is 0.400. The Morgan fingerprint density at radius 3 is 2.11 bits per heavy atom. The Morgan fingerprint density at radius 1 is 1.22 bits per heavy atom. The fourth-order valence-electron chi connectivity index (χ4n) is 0.464. The van der Waals surface area contributed by atoms with Crippen LogP contribution in [0.4, 0.5) is 5.69 Å². The number of hydrogen-bond acceptors (Lipinski definition) is 4. The number of aromatic nitrogens is 3. The van der Waals surface area contributed by atoms with Crippen LogP contribution in [0, 0.1) is 0 Å². The van der Waals surface area contributed by atoms with Crippen molar-refractivity contribution in [1.82, 2.24) is 15.4 Å². The van der Waals surface area contributed by atoms with Gasteiger partial charge >= 0.3 is 0 Å². The van der Waals surface area contributed by atoms with Gasteiger partial charge in [0.25, 0.3) is 0 Å². The van der Waals surface area contributed by atoms with Crippen molar-refractivity contribution in [2.45, 2.75) is 0 Å². The van der Waals surface area contributed by atoms with Crippen LogP contribution < -0.4 is 4.90 Å². The van der Waals surface area contributed by atoms with Gasteiger partial charge in [-0.2, -0.15) is 0 Å². The smallest absolute Gasteiger partial charge is 0.0772 e. The van der Waals surface area contributed by atoms with Crippen molar-refractivity contribution in [2.24, 2.45) is 0 Å². The Kier molecular flexibility index (Phi) is 1.58. The fourth-order valence-corrected chi connectivity index (χ4v) is 0.464. The van der Waals surface area contributed by atoms with Crippen LogP contribution in [-0.4, -0.2) is 29.5 Å². The highest BCUT2D eigenvalue weighted by Gasteiger charge is 1.90. The van der Waals surface area contributed by atoms with E-state index in [9.17, 15) is 0 Å². The molecule has 0 aliphatic carbocycles. The van der Waals surface area contributed by atoms with Crippen molar-refractivity contribution < 1.29 is 0 Å². The molecule has 1 heterocycles. The predicted octanol–water partition coefficient (Wildman–Crippen LogP) is -0.0624. The average molecular weight is 124 g/mol. The third-order valence-electron chi connectivity index (χ3n) is 1.000. The largest absolute Gasteiger partial charge is 0.375 e. The quantitative estimate of drug-likeness (QED) is 0.526. The van der Waals surface area contributed by atoms with Gasteiger partial charge in [0.2, 0.25) is 0 Å². The van der Waals surface area contributed by atoms with Gasteiger partial charge in [0.05, 0.1) is 18.1 Å². The number of hydrogen-bond donors (Lipinski definition) is 0. The molecule has 0 aromatic carbocycles. The van der Waals surface area contributed by atoms with Gasteiger partial charge in [0, 0.05) is 14.1 Å². The van der Waals surface area contributed by atoms with Crippen LogP contribution in [0.25, 0.3) is 0 Å². The lowest BCUT2D eigenvalue weighted by atomic mass is 10.5. The summed E-state index contributed by atoms with van der Waals surface area (Å²) in [6.45, 7) is 0. The molecular weight excluding hydrogens is 116 g/mol. The number of anilines is 1. The molecule has 0 saturated heterocycles. The number of rotatable bonds is 1. The van der Waals surface area contributed by atoms with E-state index in [0.29, 0.717) is 0 Å². The zero-order valence-electron chi connectivity index (χ0n) is 5.44. The Hall–Kier alpha value is -1.19. The molecule has 0 aliphatic rings. The summed E-state index contributed by atoms with van der Waals surface area (Å²) in [6.07, 6.45) is 3.32. The molecule has 1 rings (SSSR count). The van der Waals surface area contributed by atoms with Crippen molar-refractivity contribution in [2.75, 3.05) is 19.0 Å². The van der Waals surface area contributed by atoms with E-state index in [2.05, 4.69) is 15.4 Å². The molecule has 1 aromatic rings. The highest BCUT2D eigenvalue weighted by molar-refractivity contribution is 5.38. The molecule has 0 aliphatic heterocycles. The summed E-state index contributed by atoms with van der Waals surface area (Å²) < 4.78 is 0. The molecule has 0 N–H and O–H groups in total. The van der Waals surface area contributed by atoms with E-state index in [0.717, 1.165) is 5.69 Å². The van der Waals surface area contributed by atoms with E-state index in [1.165, 1.54) is 0 Å². The maximum Gasteiger partial charge on any atom is 0.0772 e. The Labute approximate surface area is 53.5 Å². The zero-order valence-corrected chi connectivity index (χ0v) is 5.44. The first-order valence-corrected chi connectivity index (χ1v) is 2.61. The summed E-state index contributed by atoms with van der Waals surface area (Å²) in [5.74, 6) is 0. The van der Waals surface area contributed by atoms with Gasteiger partial charge in [-0.05, 0) is 5.21 Å². The van der Waals surface area contributed by atoms with E-state index in [4.69, 9.17) is 0 Å². The monoisotopic (exact) mass is 124 g/mol. The van der Waals surface area contributed by atoms with Gasteiger partial charge in [-0.25, -0.2) is 0 Å². The molecule has 0 radical (unpaired) electrons. The van der Waals surface area contributed by atoms with Crippen LogP contribution in [0.5, 0.6) is 0 Å². The summed E-state index contributed by atoms with van der Waals surface area (Å²) in [7, 11) is 3.86. The predicted molar refractivity (Wildman–Crippen MR) is 34.2 cm³/mol. The van der Waals surface area contributed by atoms with Crippen molar-refractivity contribution >= 4 is 5.69 Å². The van der Waals surface area contributed by atoms with Crippen molar-refractivity contribution in [1.29, 1.82) is 0 Å². The second kappa shape index (κ2) is 2.39. The first kappa shape index (κ1) is 5.94. The molecule has 0 fully saturated rings. The lowest BCUT2D eigenvalue weighted by Crippen LogP contribution is -2.09. The maximum atomic E-state index is 3.60. The molecule has 0 saturated carbocycles. The molecule has 0 unspecified atom stereocenters. The molecule has 0 spiro atoms. The molecule has 0 amide bonds. The van der Waals surface area contributed by atoms with Crippen LogP contribution >= 0.6 is 0 Å². The van der Waals surface area contributed by atoms with Crippen molar-refractivity contribution in [3.63, 3.8) is 0 Å². The third-order valence-corrected chi connectivity index (χ3v) is 1.000. The average Bonchev–Trinajstić information content (AvgIpc) is 1.90. The van der Waals surface area contributed by atoms with Crippen molar-refractivity contribution in [3.8, 4) is 0 Å². The van der Waals surface area contributed by atoms with Crippen LogP contribution in [0.3, 0.4) is 0 Å². The van der Waals surface area contributed by atoms with Gasteiger partial charge in [-0.15, -0.1) is 10.2 Å². The van der Waals surface area contributed by atoms with Gasteiger partial charge < -0.3 is 4.90 Å². The lowest BCUT2D eigenvalue weighted by molar-refractivity contribution is 0.856. The van der Waals surface area contributed by atoms with E-state index in [-0.39, 0.29) is 0 Å². The second-order valence-corrected chi connectivity index (χ2v) is 1.90. The van der Waals surface area contributed by atoms with Crippen LogP contribution in [-0.2, 0) is 0 Å². The molecule has 9 heavy (non-hydrogen) atoms. The van der Waals surface area contributed by atoms with Crippen LogP contribution in [0.1, 0.15) is 0 Å². The molecule has 1 aromatic heterocycles. The Balaban J connectivity index is 2.85. The molecule has 4 nitrogen and oxygen atoms in total. The summed E-state index contributed by atoms with van der Waals surface area (Å²) in [4.78, 5) is 1.92. The van der Waals surface area contributed by atoms with E-state index in [1.54, 1.807) is 12.4 Å². The van der Waals surface area contributed by atoms with Gasteiger partial charge in [-0.1, -0.05) is 0 Å². The van der Waals surface area contributed by atoms with Gasteiger partial charge in [0.1, 0.15) is 0 Å². The topological polar surface area (TPSA) is 41.9 Å². The SMILES string of the molecule is CN(C)c1cnnnc1. The third kappa shape index (κ3) is 1.35. The lowest BCUT2D eigenvalue weighted by Gasteiger charge is -2.08. The van der Waals surface area contributed by atoms with Crippen LogP contribution in [0.2, 0.25) is 0 Å². The summed E-state index contributed by atoms with van der Waals surface area (Å²) in [5, 5.41) is 10.6. The Bertz CT molecular complexity index is 172. The molecule has 0 bridgehead atoms. The zero-order chi connectivity index (χ0) is 6.69. The highest BCUT2D eigenvalue weighted by atomic mass is 15.3. The van der Waals surface area contributed by atoms with E-state index >= 15 is 0 Å². The van der Waals surface area contributed by atoms with Gasteiger partial charge in [0.15, 0.2) is 0 Å². The molecule has 4 heteroatoms. The standard InChI is InChI=1S/C5H8N4/c1-9(2)5-3-6-8-7-4-5/h3-4H,1-2H3. The number of nitrogens with zero attached hydrogens (tertiary/aromatic N) is 4. The second-order valence-electron chi connectivity index (χ2n) is 1.90. The summed E-state index contributed by atoms with van der Waals surface area (Å²) in [5.41, 5.74) is 0.963. The summed E-state index contributed by atoms with van der Waals surface area (Å²) in [6, 6.07) is 0. The minimum atomic E-state index is 0.963. The first-order valence-electron chi connectivity index (χ1n) is 2.61.